The van der Waals surface area contributed by atoms with Gasteiger partial charge in [0.1, 0.15) is 0 Å². The number of ketones is 1. The third-order valence-electron chi connectivity index (χ3n) is 8.31. The van der Waals surface area contributed by atoms with Crippen molar-refractivity contribution in [2.75, 3.05) is 0 Å². The Labute approximate surface area is 167 Å². The van der Waals surface area contributed by atoms with Crippen LogP contribution in [0.15, 0.2) is 10.6 Å². The van der Waals surface area contributed by atoms with Crippen molar-refractivity contribution in [3.8, 4) is 0 Å². The van der Waals surface area contributed by atoms with E-state index in [2.05, 4.69) is 13.8 Å². The van der Waals surface area contributed by atoms with Crippen molar-refractivity contribution < 1.29 is 19.8 Å². The summed E-state index contributed by atoms with van der Waals surface area (Å²) in [5.74, 6) is 1.44. The molecule has 0 bridgehead atoms. The standard InChI is InChI=1S/C19H27ClO2.C3H6O2/c1-18-10-8-15(21)17(20)14(18)4-3-11-12-5-6-16(22)19(12,2)9-7-13(11)18;1-2-3(4)5/h11-13,16,22H,3-10H2,1-2H3;2H2,1H3,(H,4,5)/t11-,12-,13-,16-,18+,19-;/m0./s1. The van der Waals surface area contributed by atoms with Crippen LogP contribution in [0.5, 0.6) is 0 Å². The fourth-order valence-corrected chi connectivity index (χ4v) is 7.03. The Morgan fingerprint density at radius 3 is 2.41 bits per heavy atom. The Hall–Kier alpha value is -0.870. The van der Waals surface area contributed by atoms with Gasteiger partial charge in [-0.2, -0.15) is 0 Å². The molecule has 0 unspecified atom stereocenters. The van der Waals surface area contributed by atoms with Gasteiger partial charge >= 0.3 is 5.97 Å². The molecule has 0 aromatic carbocycles. The molecule has 152 valence electrons. The maximum atomic E-state index is 12.0. The summed E-state index contributed by atoms with van der Waals surface area (Å²) in [5.41, 5.74) is 1.52. The van der Waals surface area contributed by atoms with Gasteiger partial charge in [0.15, 0.2) is 5.78 Å². The number of Topliss-reactive ketones (excluding diaryl/α,β-unsaturated/α-hetero) is 1. The number of fused-ring (bicyclic) bond motifs is 5. The lowest BCUT2D eigenvalue weighted by Crippen LogP contribution is -2.51. The summed E-state index contributed by atoms with van der Waals surface area (Å²) in [5, 5.41) is 18.8. The first kappa shape index (κ1) is 20.9. The van der Waals surface area contributed by atoms with E-state index in [4.69, 9.17) is 16.7 Å². The van der Waals surface area contributed by atoms with Gasteiger partial charge in [-0.25, -0.2) is 0 Å². The summed E-state index contributed by atoms with van der Waals surface area (Å²) in [6, 6.07) is 0. The number of aliphatic hydroxyl groups excluding tert-OH is 1. The molecule has 4 rings (SSSR count). The second-order valence-electron chi connectivity index (χ2n) is 9.43. The predicted molar refractivity (Wildman–Crippen MR) is 105 cm³/mol. The van der Waals surface area contributed by atoms with E-state index in [9.17, 15) is 14.7 Å². The molecule has 0 heterocycles. The van der Waals surface area contributed by atoms with Crippen LogP contribution in [0, 0.1) is 28.6 Å². The second kappa shape index (κ2) is 7.51. The summed E-state index contributed by atoms with van der Waals surface area (Å²) in [6.07, 6.45) is 8.33. The molecule has 4 aliphatic rings. The summed E-state index contributed by atoms with van der Waals surface area (Å²) >= 11 is 6.41. The molecule has 5 heteroatoms. The van der Waals surface area contributed by atoms with Crippen LogP contribution >= 0.6 is 11.6 Å². The smallest absolute Gasteiger partial charge is 0.303 e. The maximum absolute atomic E-state index is 12.0. The summed E-state index contributed by atoms with van der Waals surface area (Å²) in [4.78, 5) is 21.4. The molecule has 2 N–H and O–H groups in total. The van der Waals surface area contributed by atoms with Gasteiger partial charge in [-0.1, -0.05) is 32.4 Å². The van der Waals surface area contributed by atoms with Gasteiger partial charge in [-0.3, -0.25) is 9.59 Å². The monoisotopic (exact) mass is 396 g/mol. The molecule has 0 aromatic heterocycles. The van der Waals surface area contributed by atoms with Crippen molar-refractivity contribution in [1.29, 1.82) is 0 Å². The van der Waals surface area contributed by atoms with Crippen molar-refractivity contribution >= 4 is 23.4 Å². The van der Waals surface area contributed by atoms with Crippen LogP contribution in [-0.4, -0.2) is 28.1 Å². The molecule has 0 saturated heterocycles. The number of hydrogen-bond acceptors (Lipinski definition) is 3. The molecular weight excluding hydrogens is 364 g/mol. The van der Waals surface area contributed by atoms with Gasteiger partial charge in [0.05, 0.1) is 11.1 Å². The van der Waals surface area contributed by atoms with Crippen LogP contribution in [0.25, 0.3) is 0 Å². The van der Waals surface area contributed by atoms with Crippen LogP contribution in [0.4, 0.5) is 0 Å². The first-order valence-electron chi connectivity index (χ1n) is 10.5. The quantitative estimate of drug-likeness (QED) is 0.659. The SMILES string of the molecule is CCC(=O)O.C[C@]12CC[C@H]3[C@@H](CCC4=C(Cl)C(=O)CC[C@@]43C)[C@@H]1CC[C@@H]2O. The molecule has 0 aromatic rings. The number of hydrogen-bond donors (Lipinski definition) is 2. The van der Waals surface area contributed by atoms with Crippen molar-refractivity contribution in [3.05, 3.63) is 10.6 Å². The van der Waals surface area contributed by atoms with Crippen LogP contribution in [0.3, 0.4) is 0 Å². The van der Waals surface area contributed by atoms with E-state index < -0.39 is 5.97 Å². The van der Waals surface area contributed by atoms with Gasteiger partial charge in [0.25, 0.3) is 0 Å². The van der Waals surface area contributed by atoms with Gasteiger partial charge in [-0.15, -0.1) is 0 Å². The minimum atomic E-state index is -0.745. The minimum absolute atomic E-state index is 0.111. The topological polar surface area (TPSA) is 74.6 Å². The van der Waals surface area contributed by atoms with E-state index in [1.807, 2.05) is 0 Å². The lowest BCUT2D eigenvalue weighted by atomic mass is 9.47. The highest BCUT2D eigenvalue weighted by Gasteiger charge is 2.59. The number of carbonyl (C=O) groups excluding carboxylic acids is 1. The Morgan fingerprint density at radius 1 is 1.11 bits per heavy atom. The number of aliphatic hydroxyl groups is 1. The molecule has 3 fully saturated rings. The zero-order chi connectivity index (χ0) is 20.0. The molecule has 4 nitrogen and oxygen atoms in total. The fraction of sp³-hybridized carbons (Fsp3) is 0.818. The Kier molecular flexibility index (Phi) is 5.80. The average molecular weight is 397 g/mol. The third kappa shape index (κ3) is 3.37. The van der Waals surface area contributed by atoms with Crippen molar-refractivity contribution in [3.63, 3.8) is 0 Å². The van der Waals surface area contributed by atoms with Gasteiger partial charge < -0.3 is 10.2 Å². The van der Waals surface area contributed by atoms with E-state index in [1.165, 1.54) is 18.4 Å². The Bertz CT molecular complexity index is 657. The van der Waals surface area contributed by atoms with E-state index in [-0.39, 0.29) is 29.1 Å². The van der Waals surface area contributed by atoms with E-state index in [1.54, 1.807) is 6.92 Å². The molecule has 27 heavy (non-hydrogen) atoms. The summed E-state index contributed by atoms with van der Waals surface area (Å²) in [6.45, 7) is 6.28. The number of carbonyl (C=O) groups is 2. The summed E-state index contributed by atoms with van der Waals surface area (Å²) < 4.78 is 0. The number of aliphatic carboxylic acids is 1. The van der Waals surface area contributed by atoms with E-state index >= 15 is 0 Å². The number of carboxylic acids is 1. The molecule has 0 amide bonds. The van der Waals surface area contributed by atoms with Gasteiger partial charge in [0.2, 0.25) is 0 Å². The lowest BCUT2D eigenvalue weighted by molar-refractivity contribution is -0.136. The van der Waals surface area contributed by atoms with Crippen LogP contribution in [0.1, 0.15) is 78.6 Å². The number of carboxylic acid groups (broad SMARTS) is 1. The molecule has 0 aliphatic heterocycles. The van der Waals surface area contributed by atoms with Crippen molar-refractivity contribution in [1.82, 2.24) is 0 Å². The first-order chi connectivity index (χ1) is 12.6. The lowest BCUT2D eigenvalue weighted by Gasteiger charge is -2.57. The predicted octanol–water partition coefficient (Wildman–Crippen LogP) is 4.93. The highest BCUT2D eigenvalue weighted by atomic mass is 35.5. The highest BCUT2D eigenvalue weighted by Crippen LogP contribution is 2.65. The normalized spacial score (nSPS) is 43.2. The number of rotatable bonds is 1. The third-order valence-corrected chi connectivity index (χ3v) is 8.75. The maximum Gasteiger partial charge on any atom is 0.303 e. The molecule has 3 saturated carbocycles. The van der Waals surface area contributed by atoms with Crippen molar-refractivity contribution in [2.24, 2.45) is 28.6 Å². The largest absolute Gasteiger partial charge is 0.481 e. The molecular formula is C22H33ClO4. The average Bonchev–Trinajstić information content (AvgIpc) is 2.94. The highest BCUT2D eigenvalue weighted by molar-refractivity contribution is 6.43. The van der Waals surface area contributed by atoms with Crippen LogP contribution in [0.2, 0.25) is 0 Å². The first-order valence-corrected chi connectivity index (χ1v) is 10.8. The molecule has 4 aliphatic carbocycles. The number of allylic oxidation sites excluding steroid dienone is 1. The Morgan fingerprint density at radius 2 is 1.78 bits per heavy atom. The minimum Gasteiger partial charge on any atom is -0.481 e. The summed E-state index contributed by atoms with van der Waals surface area (Å²) in [7, 11) is 0. The Balaban J connectivity index is 0.000000376. The van der Waals surface area contributed by atoms with Gasteiger partial charge in [0, 0.05) is 12.8 Å². The van der Waals surface area contributed by atoms with Crippen LogP contribution < -0.4 is 0 Å². The van der Waals surface area contributed by atoms with Crippen LogP contribution in [-0.2, 0) is 9.59 Å². The van der Waals surface area contributed by atoms with E-state index in [0.29, 0.717) is 29.2 Å². The second-order valence-corrected chi connectivity index (χ2v) is 9.81. The fourth-order valence-electron chi connectivity index (χ4n) is 6.62. The van der Waals surface area contributed by atoms with Gasteiger partial charge in [-0.05, 0) is 79.1 Å². The number of halogens is 1. The molecule has 6 atom stereocenters. The zero-order valence-corrected chi connectivity index (χ0v) is 17.5. The van der Waals surface area contributed by atoms with E-state index in [0.717, 1.165) is 32.1 Å². The molecule has 0 spiro atoms. The van der Waals surface area contributed by atoms with Crippen molar-refractivity contribution in [2.45, 2.75) is 84.7 Å². The molecule has 0 radical (unpaired) electrons. The zero-order valence-electron chi connectivity index (χ0n) is 16.8.